The molecule has 0 fully saturated rings. The standard InChI is InChI=1S/C20H28N2O3/c1-3-5-13-21(14-6-4-2)18(23)12-9-15-22-19(24)16-10-7-8-11-17(16)20(22)25/h7-8,10-11H,3-6,9,12-15H2,1-2H3. The zero-order valence-electron chi connectivity index (χ0n) is 15.3. The minimum absolute atomic E-state index is 0.124. The van der Waals surface area contributed by atoms with E-state index in [4.69, 9.17) is 0 Å². The maximum atomic E-state index is 12.4. The fourth-order valence-corrected chi connectivity index (χ4v) is 3.05. The van der Waals surface area contributed by atoms with Gasteiger partial charge in [-0.15, -0.1) is 0 Å². The van der Waals surface area contributed by atoms with Crippen molar-refractivity contribution in [2.45, 2.75) is 52.4 Å². The lowest BCUT2D eigenvalue weighted by atomic mass is 10.1. The van der Waals surface area contributed by atoms with Gasteiger partial charge in [-0.05, 0) is 31.4 Å². The molecule has 0 saturated heterocycles. The predicted octanol–water partition coefficient (Wildman–Crippen LogP) is 3.49. The normalized spacial score (nSPS) is 13.3. The number of amides is 3. The van der Waals surface area contributed by atoms with Gasteiger partial charge in [-0.25, -0.2) is 0 Å². The Labute approximate surface area is 150 Å². The van der Waals surface area contributed by atoms with Gasteiger partial charge in [-0.2, -0.15) is 0 Å². The van der Waals surface area contributed by atoms with E-state index >= 15 is 0 Å². The molecule has 5 nitrogen and oxygen atoms in total. The molecule has 5 heteroatoms. The van der Waals surface area contributed by atoms with Crippen LogP contribution >= 0.6 is 0 Å². The topological polar surface area (TPSA) is 57.7 Å². The first-order chi connectivity index (χ1) is 12.1. The third kappa shape index (κ3) is 4.68. The third-order valence-electron chi connectivity index (χ3n) is 4.57. The summed E-state index contributed by atoms with van der Waals surface area (Å²) in [6.45, 7) is 6.12. The quantitative estimate of drug-likeness (QED) is 0.611. The smallest absolute Gasteiger partial charge is 0.261 e. The minimum Gasteiger partial charge on any atom is -0.343 e. The van der Waals surface area contributed by atoms with Crippen molar-refractivity contribution >= 4 is 17.7 Å². The van der Waals surface area contributed by atoms with Crippen LogP contribution < -0.4 is 0 Å². The van der Waals surface area contributed by atoms with E-state index in [-0.39, 0.29) is 17.7 Å². The van der Waals surface area contributed by atoms with Crippen LogP contribution in [0.4, 0.5) is 0 Å². The van der Waals surface area contributed by atoms with Crippen LogP contribution in [0, 0.1) is 0 Å². The summed E-state index contributed by atoms with van der Waals surface area (Å²) in [5.41, 5.74) is 0.928. The van der Waals surface area contributed by atoms with Crippen molar-refractivity contribution < 1.29 is 14.4 Å². The van der Waals surface area contributed by atoms with Crippen molar-refractivity contribution in [3.63, 3.8) is 0 Å². The molecule has 2 rings (SSSR count). The van der Waals surface area contributed by atoms with Gasteiger partial charge in [0.2, 0.25) is 5.91 Å². The Morgan fingerprint density at radius 3 is 1.92 bits per heavy atom. The van der Waals surface area contributed by atoms with Crippen molar-refractivity contribution in [2.75, 3.05) is 19.6 Å². The van der Waals surface area contributed by atoms with Crippen molar-refractivity contribution in [1.82, 2.24) is 9.80 Å². The van der Waals surface area contributed by atoms with Crippen LogP contribution in [0.25, 0.3) is 0 Å². The molecule has 0 bridgehead atoms. The molecule has 0 saturated carbocycles. The van der Waals surface area contributed by atoms with Gasteiger partial charge in [-0.3, -0.25) is 19.3 Å². The van der Waals surface area contributed by atoms with Gasteiger partial charge in [0.1, 0.15) is 0 Å². The van der Waals surface area contributed by atoms with Crippen molar-refractivity contribution in [3.05, 3.63) is 35.4 Å². The lowest BCUT2D eigenvalue weighted by Crippen LogP contribution is -2.35. The molecule has 0 radical (unpaired) electrons. The van der Waals surface area contributed by atoms with Gasteiger partial charge in [0.25, 0.3) is 11.8 Å². The number of fused-ring (bicyclic) bond motifs is 1. The summed E-state index contributed by atoms with van der Waals surface area (Å²) >= 11 is 0. The zero-order chi connectivity index (χ0) is 18.2. The van der Waals surface area contributed by atoms with E-state index in [1.54, 1.807) is 24.3 Å². The highest BCUT2D eigenvalue weighted by Gasteiger charge is 2.34. The Morgan fingerprint density at radius 1 is 0.920 bits per heavy atom. The highest BCUT2D eigenvalue weighted by molar-refractivity contribution is 6.21. The molecule has 0 aliphatic carbocycles. The van der Waals surface area contributed by atoms with Crippen LogP contribution in [0.1, 0.15) is 73.1 Å². The van der Waals surface area contributed by atoms with Crippen molar-refractivity contribution in [2.24, 2.45) is 0 Å². The van der Waals surface area contributed by atoms with Crippen molar-refractivity contribution in [3.8, 4) is 0 Å². The Bertz CT molecular complexity index is 584. The molecule has 0 N–H and O–H groups in total. The SMILES string of the molecule is CCCCN(CCCC)C(=O)CCCN1C(=O)c2ccccc2C1=O. The number of carbonyl (C=O) groups is 3. The molecule has 1 aliphatic heterocycles. The van der Waals surface area contributed by atoms with Crippen LogP contribution in [0.2, 0.25) is 0 Å². The second-order valence-electron chi connectivity index (χ2n) is 6.50. The second kappa shape index (κ2) is 9.35. The number of nitrogens with zero attached hydrogens (tertiary/aromatic N) is 2. The molecule has 136 valence electrons. The number of hydrogen-bond acceptors (Lipinski definition) is 3. The molecule has 1 aromatic carbocycles. The lowest BCUT2D eigenvalue weighted by Gasteiger charge is -2.23. The summed E-state index contributed by atoms with van der Waals surface area (Å²) in [4.78, 5) is 40.3. The van der Waals surface area contributed by atoms with Crippen LogP contribution in [-0.4, -0.2) is 47.2 Å². The van der Waals surface area contributed by atoms with Gasteiger partial charge < -0.3 is 4.90 Å². The Balaban J connectivity index is 1.86. The van der Waals surface area contributed by atoms with E-state index < -0.39 is 0 Å². The number of benzene rings is 1. The van der Waals surface area contributed by atoms with Gasteiger partial charge in [0, 0.05) is 26.1 Å². The number of hydrogen-bond donors (Lipinski definition) is 0. The molecule has 1 heterocycles. The summed E-state index contributed by atoms with van der Waals surface area (Å²) in [5.74, 6) is -0.373. The Morgan fingerprint density at radius 2 is 1.44 bits per heavy atom. The summed E-state index contributed by atoms with van der Waals surface area (Å²) in [6, 6.07) is 6.88. The second-order valence-corrected chi connectivity index (χ2v) is 6.50. The number of unbranched alkanes of at least 4 members (excludes halogenated alkanes) is 2. The van der Waals surface area contributed by atoms with Crippen LogP contribution in [0.5, 0.6) is 0 Å². The van der Waals surface area contributed by atoms with Crippen LogP contribution in [0.3, 0.4) is 0 Å². The maximum absolute atomic E-state index is 12.4. The van der Waals surface area contributed by atoms with Crippen LogP contribution in [0.15, 0.2) is 24.3 Å². The average molecular weight is 344 g/mol. The van der Waals surface area contributed by atoms with E-state index in [9.17, 15) is 14.4 Å². The molecular weight excluding hydrogens is 316 g/mol. The van der Waals surface area contributed by atoms with Gasteiger partial charge >= 0.3 is 0 Å². The summed E-state index contributed by atoms with van der Waals surface area (Å²) in [7, 11) is 0. The highest BCUT2D eigenvalue weighted by Crippen LogP contribution is 2.22. The minimum atomic E-state index is -0.248. The Hall–Kier alpha value is -2.17. The third-order valence-corrected chi connectivity index (χ3v) is 4.57. The van der Waals surface area contributed by atoms with E-state index in [0.29, 0.717) is 30.5 Å². The summed E-state index contributed by atoms with van der Waals surface area (Å²) < 4.78 is 0. The molecule has 25 heavy (non-hydrogen) atoms. The van der Waals surface area contributed by atoms with E-state index in [1.165, 1.54) is 4.90 Å². The van der Waals surface area contributed by atoms with Gasteiger partial charge in [0.05, 0.1) is 11.1 Å². The first kappa shape index (κ1) is 19.2. The fraction of sp³-hybridized carbons (Fsp3) is 0.550. The predicted molar refractivity (Wildman–Crippen MR) is 97.4 cm³/mol. The molecule has 1 aromatic rings. The lowest BCUT2D eigenvalue weighted by molar-refractivity contribution is -0.131. The molecule has 0 aromatic heterocycles. The first-order valence-electron chi connectivity index (χ1n) is 9.33. The van der Waals surface area contributed by atoms with E-state index in [0.717, 1.165) is 38.8 Å². The van der Waals surface area contributed by atoms with E-state index in [1.807, 2.05) is 4.90 Å². The number of carbonyl (C=O) groups excluding carboxylic acids is 3. The van der Waals surface area contributed by atoms with Crippen LogP contribution in [-0.2, 0) is 4.79 Å². The van der Waals surface area contributed by atoms with Gasteiger partial charge in [0.15, 0.2) is 0 Å². The molecule has 1 aliphatic rings. The highest BCUT2D eigenvalue weighted by atomic mass is 16.2. The Kier molecular flexibility index (Phi) is 7.16. The maximum Gasteiger partial charge on any atom is 0.261 e. The average Bonchev–Trinajstić information content (AvgIpc) is 2.87. The molecule has 0 atom stereocenters. The number of rotatable bonds is 10. The summed E-state index contributed by atoms with van der Waals surface area (Å²) in [5, 5.41) is 0. The first-order valence-corrected chi connectivity index (χ1v) is 9.33. The fourth-order valence-electron chi connectivity index (χ4n) is 3.05. The molecular formula is C20H28N2O3. The molecule has 0 spiro atoms. The largest absolute Gasteiger partial charge is 0.343 e. The number of imide groups is 1. The molecule has 3 amide bonds. The van der Waals surface area contributed by atoms with Gasteiger partial charge in [-0.1, -0.05) is 38.8 Å². The molecule has 0 unspecified atom stereocenters. The van der Waals surface area contributed by atoms with E-state index in [2.05, 4.69) is 13.8 Å². The summed E-state index contributed by atoms with van der Waals surface area (Å²) in [6.07, 6.45) is 5.03. The zero-order valence-corrected chi connectivity index (χ0v) is 15.3. The van der Waals surface area contributed by atoms with Crippen molar-refractivity contribution in [1.29, 1.82) is 0 Å². The monoisotopic (exact) mass is 344 g/mol.